The van der Waals surface area contributed by atoms with Crippen molar-refractivity contribution in [2.75, 3.05) is 13.2 Å². The van der Waals surface area contributed by atoms with Gasteiger partial charge in [0, 0.05) is 41.3 Å². The van der Waals surface area contributed by atoms with Crippen LogP contribution in [0, 0.1) is 16.7 Å². The Morgan fingerprint density at radius 3 is 2.75 bits per heavy atom. The second-order valence-corrected chi connectivity index (χ2v) is 9.72. The molecular weight excluding hydrogens is 400 g/mol. The normalized spacial score (nSPS) is 15.4. The third-order valence-electron chi connectivity index (χ3n) is 6.03. The molecule has 1 aliphatic carbocycles. The van der Waals surface area contributed by atoms with Crippen LogP contribution in [-0.4, -0.2) is 34.7 Å². The van der Waals surface area contributed by atoms with Crippen molar-refractivity contribution in [1.82, 2.24) is 9.88 Å². The Balaban J connectivity index is 1.48. The van der Waals surface area contributed by atoms with E-state index in [1.165, 1.54) is 12.8 Å². The predicted molar refractivity (Wildman–Crippen MR) is 123 cm³/mol. The highest BCUT2D eigenvalue weighted by Crippen LogP contribution is 2.40. The van der Waals surface area contributed by atoms with E-state index in [0.717, 1.165) is 28.3 Å². The maximum Gasteiger partial charge on any atom is 0.182 e. The fourth-order valence-corrected chi connectivity index (χ4v) is 4.02. The fraction of sp³-hybridized carbons (Fsp3) is 0.462. The number of nitrogens with zero attached hydrogens (tertiary/aromatic N) is 3. The van der Waals surface area contributed by atoms with E-state index in [-0.39, 0.29) is 17.7 Å². The van der Waals surface area contributed by atoms with Crippen molar-refractivity contribution in [3.05, 3.63) is 58.4 Å². The number of unbranched alkanes of at least 4 members (excludes halogenated alkanes) is 1. The van der Waals surface area contributed by atoms with Gasteiger partial charge < -0.3 is 9.64 Å². The Morgan fingerprint density at radius 1 is 1.28 bits per heavy atom. The first kappa shape index (κ1) is 22.0. The topological polar surface area (TPSA) is 90.1 Å². The van der Waals surface area contributed by atoms with Gasteiger partial charge in [0.2, 0.25) is 0 Å². The lowest BCUT2D eigenvalue weighted by Gasteiger charge is -2.24. The molecule has 4 rings (SSSR count). The van der Waals surface area contributed by atoms with Crippen LogP contribution in [-0.2, 0) is 12.0 Å². The number of fused-ring (bicyclic) bond motifs is 1. The maximum absolute atomic E-state index is 13.1. The van der Waals surface area contributed by atoms with Gasteiger partial charge in [0.25, 0.3) is 0 Å². The lowest BCUT2D eigenvalue weighted by atomic mass is 9.85. The molecule has 1 aromatic carbocycles. The number of aromatic nitrogens is 1. The number of benzene rings is 1. The number of nitriles is 1. The SMILES string of the molecule is CC(C)(C)c1cc(C(=O)CN2Cc3ccc(C4CC4)nc3C2=N)ccc1OCCCC#N. The minimum atomic E-state index is -0.194. The highest BCUT2D eigenvalue weighted by atomic mass is 16.5. The van der Waals surface area contributed by atoms with Gasteiger partial charge in [-0.2, -0.15) is 5.26 Å². The molecule has 1 aliphatic heterocycles. The van der Waals surface area contributed by atoms with Crippen molar-refractivity contribution in [3.63, 3.8) is 0 Å². The fourth-order valence-electron chi connectivity index (χ4n) is 4.02. The van der Waals surface area contributed by atoms with Crippen LogP contribution in [0.5, 0.6) is 5.75 Å². The second-order valence-electron chi connectivity index (χ2n) is 9.72. The summed E-state index contributed by atoms with van der Waals surface area (Å²) >= 11 is 0. The van der Waals surface area contributed by atoms with Gasteiger partial charge in [-0.3, -0.25) is 10.2 Å². The van der Waals surface area contributed by atoms with Crippen LogP contribution in [0.25, 0.3) is 0 Å². The summed E-state index contributed by atoms with van der Waals surface area (Å²) in [4.78, 5) is 19.7. The predicted octanol–water partition coefficient (Wildman–Crippen LogP) is 4.96. The van der Waals surface area contributed by atoms with Crippen LogP contribution >= 0.6 is 0 Å². The van der Waals surface area contributed by atoms with Gasteiger partial charge in [-0.15, -0.1) is 0 Å². The zero-order chi connectivity index (χ0) is 22.9. The van der Waals surface area contributed by atoms with E-state index >= 15 is 0 Å². The molecule has 6 nitrogen and oxygen atoms in total. The number of amidine groups is 1. The monoisotopic (exact) mass is 430 g/mol. The Morgan fingerprint density at radius 2 is 2.06 bits per heavy atom. The van der Waals surface area contributed by atoms with Gasteiger partial charge in [-0.25, -0.2) is 4.98 Å². The van der Waals surface area contributed by atoms with E-state index in [1.54, 1.807) is 11.0 Å². The van der Waals surface area contributed by atoms with Crippen LogP contribution in [0.4, 0.5) is 0 Å². The molecule has 1 fully saturated rings. The third-order valence-corrected chi connectivity index (χ3v) is 6.03. The van der Waals surface area contributed by atoms with E-state index in [1.807, 2.05) is 12.1 Å². The molecular formula is C26H30N4O2. The highest BCUT2D eigenvalue weighted by molar-refractivity contribution is 6.04. The summed E-state index contributed by atoms with van der Waals surface area (Å²) in [5, 5.41) is 17.3. The average Bonchev–Trinajstić information content (AvgIpc) is 3.56. The average molecular weight is 431 g/mol. The van der Waals surface area contributed by atoms with Gasteiger partial charge >= 0.3 is 0 Å². The Bertz CT molecular complexity index is 1090. The molecule has 0 saturated heterocycles. The second kappa shape index (κ2) is 8.74. The number of hydrogen-bond donors (Lipinski definition) is 1. The highest BCUT2D eigenvalue weighted by Gasteiger charge is 2.31. The summed E-state index contributed by atoms with van der Waals surface area (Å²) in [6.07, 6.45) is 3.49. The summed E-state index contributed by atoms with van der Waals surface area (Å²) in [5.41, 5.74) is 4.20. The molecule has 32 heavy (non-hydrogen) atoms. The number of ketones is 1. The molecule has 0 spiro atoms. The molecule has 2 aromatic rings. The summed E-state index contributed by atoms with van der Waals surface area (Å²) < 4.78 is 5.91. The number of carbonyl (C=O) groups is 1. The van der Waals surface area contributed by atoms with E-state index in [0.29, 0.717) is 43.3 Å². The van der Waals surface area contributed by atoms with Crippen LogP contribution in [0.2, 0.25) is 0 Å². The molecule has 2 aliphatic rings. The van der Waals surface area contributed by atoms with Crippen molar-refractivity contribution < 1.29 is 9.53 Å². The van der Waals surface area contributed by atoms with Gasteiger partial charge in [0.15, 0.2) is 5.78 Å². The molecule has 1 N–H and O–H groups in total. The van der Waals surface area contributed by atoms with Gasteiger partial charge in [-0.05, 0) is 48.9 Å². The maximum atomic E-state index is 13.1. The molecule has 0 radical (unpaired) electrons. The molecule has 0 atom stereocenters. The summed E-state index contributed by atoms with van der Waals surface area (Å²) in [6.45, 7) is 7.45. The zero-order valence-electron chi connectivity index (χ0n) is 19.1. The molecule has 1 saturated carbocycles. The summed E-state index contributed by atoms with van der Waals surface area (Å²) in [7, 11) is 0. The van der Waals surface area contributed by atoms with Crippen molar-refractivity contribution in [2.24, 2.45) is 0 Å². The Kier molecular flexibility index (Phi) is 6.01. The molecule has 1 aromatic heterocycles. The first-order valence-corrected chi connectivity index (χ1v) is 11.3. The van der Waals surface area contributed by atoms with Crippen LogP contribution in [0.15, 0.2) is 30.3 Å². The van der Waals surface area contributed by atoms with E-state index < -0.39 is 0 Å². The van der Waals surface area contributed by atoms with Crippen molar-refractivity contribution in [3.8, 4) is 11.8 Å². The van der Waals surface area contributed by atoms with Crippen molar-refractivity contribution in [2.45, 2.75) is 64.3 Å². The molecule has 166 valence electrons. The number of ether oxygens (including phenoxy) is 1. The molecule has 2 heterocycles. The Labute approximate surface area is 189 Å². The molecule has 6 heteroatoms. The van der Waals surface area contributed by atoms with E-state index in [4.69, 9.17) is 20.4 Å². The van der Waals surface area contributed by atoms with Crippen molar-refractivity contribution >= 4 is 11.6 Å². The van der Waals surface area contributed by atoms with Crippen LogP contribution in [0.3, 0.4) is 0 Å². The summed E-state index contributed by atoms with van der Waals surface area (Å²) in [5.74, 6) is 1.61. The van der Waals surface area contributed by atoms with Crippen LogP contribution in [0.1, 0.15) is 85.2 Å². The standard InChI is InChI=1S/C26H30N4O2/c1-26(2,3)20-14-18(9-11-23(20)32-13-5-4-12-27)22(31)16-30-15-19-8-10-21(17-6-7-17)29-24(19)25(30)28/h8-11,14,17,28H,4-7,13,15-16H2,1-3H3. The lowest BCUT2D eigenvalue weighted by molar-refractivity contribution is 0.0962. The molecule has 0 bridgehead atoms. The number of nitrogens with one attached hydrogen (secondary N) is 1. The van der Waals surface area contributed by atoms with E-state index in [2.05, 4.69) is 39.0 Å². The van der Waals surface area contributed by atoms with Crippen LogP contribution < -0.4 is 4.74 Å². The van der Waals surface area contributed by atoms with E-state index in [9.17, 15) is 4.79 Å². The number of pyridine rings is 1. The number of hydrogen-bond acceptors (Lipinski definition) is 5. The molecule has 0 amide bonds. The number of Topliss-reactive ketones (excluding diaryl/α,β-unsaturated/α-hetero) is 1. The number of carbonyl (C=O) groups excluding carboxylic acids is 1. The lowest BCUT2D eigenvalue weighted by Crippen LogP contribution is -2.30. The zero-order valence-corrected chi connectivity index (χ0v) is 19.1. The minimum absolute atomic E-state index is 0.0218. The Hall–Kier alpha value is -3.20. The van der Waals surface area contributed by atoms with Gasteiger partial charge in [0.05, 0.1) is 19.2 Å². The van der Waals surface area contributed by atoms with Crippen molar-refractivity contribution in [1.29, 1.82) is 10.7 Å². The van der Waals surface area contributed by atoms with Gasteiger partial charge in [-0.1, -0.05) is 26.8 Å². The first-order valence-electron chi connectivity index (χ1n) is 11.3. The quantitative estimate of drug-likeness (QED) is 0.472. The smallest absolute Gasteiger partial charge is 0.182 e. The molecule has 0 unspecified atom stereocenters. The third kappa shape index (κ3) is 4.67. The summed E-state index contributed by atoms with van der Waals surface area (Å²) in [6, 6.07) is 11.8. The first-order chi connectivity index (χ1) is 15.3. The minimum Gasteiger partial charge on any atom is -0.493 e. The number of rotatable bonds is 8. The largest absolute Gasteiger partial charge is 0.493 e. The van der Waals surface area contributed by atoms with Gasteiger partial charge in [0.1, 0.15) is 17.3 Å².